The Balaban J connectivity index is 2.24. The van der Waals surface area contributed by atoms with Gasteiger partial charge in [-0.3, -0.25) is 4.79 Å². The molecule has 0 spiro atoms. The van der Waals surface area contributed by atoms with Crippen LogP contribution in [0.15, 0.2) is 35.1 Å². The highest BCUT2D eigenvalue weighted by Gasteiger charge is 2.15. The number of carbonyl (C=O) groups is 1. The number of methoxy groups -OCH3 is 1. The normalized spacial score (nSPS) is 10.0. The highest BCUT2D eigenvalue weighted by atomic mass is 16.6. The average Bonchev–Trinajstić information content (AvgIpc) is 2.61. The van der Waals surface area contributed by atoms with Crippen LogP contribution in [0.5, 0.6) is 11.5 Å². The first-order valence-electron chi connectivity index (χ1n) is 7.47. The summed E-state index contributed by atoms with van der Waals surface area (Å²) in [5.74, 6) is -0.264. The predicted molar refractivity (Wildman–Crippen MR) is 86.1 cm³/mol. The maximum absolute atomic E-state index is 12.3. The summed E-state index contributed by atoms with van der Waals surface area (Å²) in [7, 11) is 1.41. The van der Waals surface area contributed by atoms with Gasteiger partial charge in [-0.15, -0.1) is 0 Å². The largest absolute Gasteiger partial charge is 0.493 e. The molecule has 0 radical (unpaired) electrons. The molecule has 0 amide bonds. The van der Waals surface area contributed by atoms with Gasteiger partial charge in [-0.25, -0.2) is 9.48 Å². The van der Waals surface area contributed by atoms with Gasteiger partial charge in [0.05, 0.1) is 18.7 Å². The molecular formula is C17H17N3O4. The summed E-state index contributed by atoms with van der Waals surface area (Å²) in [6, 6.07) is 9.05. The van der Waals surface area contributed by atoms with Crippen LogP contribution in [0.3, 0.4) is 0 Å². The van der Waals surface area contributed by atoms with E-state index < -0.39 is 5.97 Å². The molecule has 2 aromatic rings. The number of ether oxygens (including phenoxy) is 2. The van der Waals surface area contributed by atoms with Crippen LogP contribution in [0, 0.1) is 11.3 Å². The summed E-state index contributed by atoms with van der Waals surface area (Å²) in [6.45, 7) is 2.44. The highest BCUT2D eigenvalue weighted by Crippen LogP contribution is 2.28. The quantitative estimate of drug-likeness (QED) is 0.596. The second kappa shape index (κ2) is 7.92. The van der Waals surface area contributed by atoms with Gasteiger partial charge in [0.1, 0.15) is 0 Å². The fourth-order valence-corrected chi connectivity index (χ4v) is 2.00. The maximum Gasteiger partial charge on any atom is 0.364 e. The van der Waals surface area contributed by atoms with Gasteiger partial charge in [-0.1, -0.05) is 13.3 Å². The molecule has 0 aliphatic heterocycles. The van der Waals surface area contributed by atoms with Crippen LogP contribution in [0.25, 0.3) is 0 Å². The van der Waals surface area contributed by atoms with Crippen molar-refractivity contribution < 1.29 is 14.3 Å². The van der Waals surface area contributed by atoms with Gasteiger partial charge in [0.25, 0.3) is 5.56 Å². The summed E-state index contributed by atoms with van der Waals surface area (Å²) in [5.41, 5.74) is 0.144. The second-order valence-corrected chi connectivity index (χ2v) is 5.00. The lowest BCUT2D eigenvalue weighted by Crippen LogP contribution is -2.25. The van der Waals surface area contributed by atoms with Crippen LogP contribution in [-0.4, -0.2) is 22.9 Å². The first-order valence-corrected chi connectivity index (χ1v) is 7.47. The van der Waals surface area contributed by atoms with E-state index in [0.29, 0.717) is 12.1 Å². The van der Waals surface area contributed by atoms with Crippen LogP contribution < -0.4 is 15.0 Å². The van der Waals surface area contributed by atoms with E-state index in [1.165, 1.54) is 42.1 Å². The van der Waals surface area contributed by atoms with E-state index >= 15 is 0 Å². The van der Waals surface area contributed by atoms with E-state index in [2.05, 4.69) is 5.10 Å². The number of carbonyl (C=O) groups excluding carboxylic acids is 1. The lowest BCUT2D eigenvalue weighted by Gasteiger charge is -2.10. The lowest BCUT2D eigenvalue weighted by atomic mass is 10.2. The monoisotopic (exact) mass is 327 g/mol. The number of aromatic nitrogens is 2. The molecular weight excluding hydrogens is 310 g/mol. The van der Waals surface area contributed by atoms with Crippen molar-refractivity contribution >= 4 is 5.97 Å². The van der Waals surface area contributed by atoms with E-state index in [1.54, 1.807) is 0 Å². The molecule has 0 saturated carbocycles. The second-order valence-electron chi connectivity index (χ2n) is 5.00. The number of hydrogen-bond donors (Lipinski definition) is 0. The van der Waals surface area contributed by atoms with Crippen molar-refractivity contribution in [3.63, 3.8) is 0 Å². The van der Waals surface area contributed by atoms with E-state index in [9.17, 15) is 9.59 Å². The van der Waals surface area contributed by atoms with Crippen molar-refractivity contribution in [1.29, 1.82) is 5.26 Å². The van der Waals surface area contributed by atoms with Gasteiger partial charge >= 0.3 is 5.97 Å². The molecule has 124 valence electrons. The Labute approximate surface area is 139 Å². The van der Waals surface area contributed by atoms with Crippen molar-refractivity contribution in [3.8, 4) is 17.6 Å². The van der Waals surface area contributed by atoms with Gasteiger partial charge in [0, 0.05) is 18.7 Å². The van der Waals surface area contributed by atoms with Gasteiger partial charge in [0.2, 0.25) is 0 Å². The predicted octanol–water partition coefficient (Wildman–Crippen LogP) is 2.14. The number of nitriles is 1. The topological polar surface area (TPSA) is 94.2 Å². The fraction of sp³-hybridized carbons (Fsp3) is 0.294. The number of unbranched alkanes of at least 4 members (excludes halogenated alkanes) is 1. The standard InChI is InChI=1S/C17H17N3O4/c1-3-4-9-20-16(21)8-6-13(19-20)17(22)24-14-7-5-12(11-18)10-15(14)23-2/h5-8,10H,3-4,9H2,1-2H3. The first kappa shape index (κ1) is 17.2. The number of rotatable bonds is 6. The minimum atomic E-state index is -0.705. The summed E-state index contributed by atoms with van der Waals surface area (Å²) in [4.78, 5) is 24.0. The molecule has 2 rings (SSSR count). The minimum absolute atomic E-state index is 0.0251. The summed E-state index contributed by atoms with van der Waals surface area (Å²) >= 11 is 0. The van der Waals surface area contributed by atoms with Crippen LogP contribution in [0.2, 0.25) is 0 Å². The van der Waals surface area contributed by atoms with Crippen LogP contribution >= 0.6 is 0 Å². The summed E-state index contributed by atoms with van der Waals surface area (Å²) in [5, 5.41) is 12.9. The zero-order chi connectivity index (χ0) is 17.5. The van der Waals surface area contributed by atoms with Crippen LogP contribution in [0.1, 0.15) is 35.8 Å². The molecule has 7 heteroatoms. The van der Waals surface area contributed by atoms with Crippen LogP contribution in [0.4, 0.5) is 0 Å². The third kappa shape index (κ3) is 3.98. The Bertz CT molecular complexity index is 836. The Hall–Kier alpha value is -3.14. The third-order valence-electron chi connectivity index (χ3n) is 3.29. The number of benzene rings is 1. The number of hydrogen-bond acceptors (Lipinski definition) is 6. The SMILES string of the molecule is CCCCn1nc(C(=O)Oc2ccc(C#N)cc2OC)ccc1=O. The van der Waals surface area contributed by atoms with Crippen molar-refractivity contribution in [2.24, 2.45) is 0 Å². The molecule has 0 saturated heterocycles. The lowest BCUT2D eigenvalue weighted by molar-refractivity contribution is 0.0720. The van der Waals surface area contributed by atoms with Crippen molar-refractivity contribution in [3.05, 3.63) is 51.9 Å². The van der Waals surface area contributed by atoms with Gasteiger partial charge < -0.3 is 9.47 Å². The number of nitrogens with zero attached hydrogens (tertiary/aromatic N) is 3. The van der Waals surface area contributed by atoms with Crippen molar-refractivity contribution in [2.75, 3.05) is 7.11 Å². The molecule has 0 unspecified atom stereocenters. The zero-order valence-corrected chi connectivity index (χ0v) is 13.5. The molecule has 1 aromatic carbocycles. The summed E-state index contributed by atoms with van der Waals surface area (Å²) < 4.78 is 11.6. The van der Waals surface area contributed by atoms with Gasteiger partial charge in [-0.2, -0.15) is 10.4 Å². The first-order chi connectivity index (χ1) is 11.6. The maximum atomic E-state index is 12.3. The molecule has 7 nitrogen and oxygen atoms in total. The molecule has 0 bridgehead atoms. The number of aryl methyl sites for hydroxylation is 1. The van der Waals surface area contributed by atoms with E-state index in [1.807, 2.05) is 13.0 Å². The van der Waals surface area contributed by atoms with Gasteiger partial charge in [-0.05, 0) is 24.6 Å². The highest BCUT2D eigenvalue weighted by molar-refractivity contribution is 5.89. The Morgan fingerprint density at radius 2 is 2.08 bits per heavy atom. The molecule has 0 N–H and O–H groups in total. The molecule has 24 heavy (non-hydrogen) atoms. The molecule has 0 atom stereocenters. The van der Waals surface area contributed by atoms with E-state index in [-0.39, 0.29) is 22.8 Å². The average molecular weight is 327 g/mol. The minimum Gasteiger partial charge on any atom is -0.493 e. The van der Waals surface area contributed by atoms with Gasteiger partial charge in [0.15, 0.2) is 17.2 Å². The zero-order valence-electron chi connectivity index (χ0n) is 13.5. The molecule has 0 aliphatic carbocycles. The van der Waals surface area contributed by atoms with Crippen LogP contribution in [-0.2, 0) is 6.54 Å². The third-order valence-corrected chi connectivity index (χ3v) is 3.29. The van der Waals surface area contributed by atoms with Crippen molar-refractivity contribution in [2.45, 2.75) is 26.3 Å². The number of esters is 1. The molecule has 1 heterocycles. The Morgan fingerprint density at radius 3 is 2.75 bits per heavy atom. The van der Waals surface area contributed by atoms with E-state index in [0.717, 1.165) is 12.8 Å². The molecule has 0 fully saturated rings. The molecule has 1 aromatic heterocycles. The Morgan fingerprint density at radius 1 is 1.29 bits per heavy atom. The summed E-state index contributed by atoms with van der Waals surface area (Å²) in [6.07, 6.45) is 1.69. The fourth-order valence-electron chi connectivity index (χ4n) is 2.00. The smallest absolute Gasteiger partial charge is 0.364 e. The molecule has 0 aliphatic rings. The Kier molecular flexibility index (Phi) is 5.68. The van der Waals surface area contributed by atoms with E-state index in [4.69, 9.17) is 14.7 Å². The van der Waals surface area contributed by atoms with Crippen molar-refractivity contribution in [1.82, 2.24) is 9.78 Å².